The van der Waals surface area contributed by atoms with Gasteiger partial charge in [0.15, 0.2) is 11.7 Å². The molecule has 0 aliphatic heterocycles. The zero-order chi connectivity index (χ0) is 54.7. The van der Waals surface area contributed by atoms with Gasteiger partial charge in [0.1, 0.15) is 33.7 Å². The summed E-state index contributed by atoms with van der Waals surface area (Å²) in [7, 11) is 0. The number of hydrogen-bond acceptors (Lipinski definition) is 9. The molecule has 9 bridgehead atoms. The lowest BCUT2D eigenvalue weighted by molar-refractivity contribution is -0.257. The van der Waals surface area contributed by atoms with Crippen LogP contribution in [0.25, 0.3) is 6.08 Å². The van der Waals surface area contributed by atoms with Crippen molar-refractivity contribution in [2.75, 3.05) is 0 Å². The predicted octanol–water partition coefficient (Wildman–Crippen LogP) is 7.87. The summed E-state index contributed by atoms with van der Waals surface area (Å²) in [5, 5.41) is 87.0. The number of fused-ring (bicyclic) bond motifs is 2. The fraction of sp³-hybridized carbons (Fsp3) is 0.612. The lowest BCUT2D eigenvalue weighted by Crippen LogP contribution is -2.80. The van der Waals surface area contributed by atoms with Gasteiger partial charge in [-0.1, -0.05) is 98.7 Å². The highest BCUT2D eigenvalue weighted by molar-refractivity contribution is 6.05. The summed E-state index contributed by atoms with van der Waals surface area (Å²) in [5.74, 6) is 1.56. The van der Waals surface area contributed by atoms with Crippen molar-refractivity contribution in [2.45, 2.75) is 189 Å². The second-order valence-corrected chi connectivity index (χ2v) is 28.4. The molecule has 0 radical (unpaired) electrons. The number of carboxylic acid groups (broad SMARTS) is 1. The molecule has 0 saturated heterocycles. The molecule has 16 atom stereocenters. The number of Topliss-reactive ketones (excluding diaryl/α,β-unsaturated/α-hetero) is 2. The van der Waals surface area contributed by atoms with Gasteiger partial charge in [-0.15, -0.1) is 11.8 Å². The number of aryl methyl sites for hydroxylation is 1. The minimum Gasteiger partial charge on any atom is -0.478 e. The molecule has 79 heavy (non-hydrogen) atoms. The number of carbonyl (C=O) groups is 3. The van der Waals surface area contributed by atoms with Gasteiger partial charge in [0.2, 0.25) is 0 Å². The molecule has 15 aliphatic rings. The first-order valence-corrected chi connectivity index (χ1v) is 30.2. The first kappa shape index (κ1) is 49.6. The van der Waals surface area contributed by atoms with Crippen molar-refractivity contribution < 1.29 is 45.0 Å². The van der Waals surface area contributed by atoms with E-state index in [4.69, 9.17) is 16.5 Å². The maximum absolute atomic E-state index is 18.1. The molecule has 7 fully saturated rings. The minimum atomic E-state index is -2.49. The largest absolute Gasteiger partial charge is 0.478 e. The van der Waals surface area contributed by atoms with Gasteiger partial charge < -0.3 is 42.1 Å². The standard InChI is InChI=1S/C67H75N3O9/c1-36(55(74)75)42-19-28-60(70-56(68)69)29-30-61-45-33-47(72)58(22-11-12-23-58)35-44-51(73)50-54-62(76)34-41-32-39-17-18-43(66(42,78)67(45,60)79)48(39)52(61)65(41,77)64(54)26-10-3-7-21-57(2)46(71)20-27-59(50,24-8-4-9-25-63(44,61)64)53(57)49(62)40-16-15-37-13-5-6-14-38(37)31-40/h5-6,13-14,18,29-31,34,44-45,47,49,52-53,72,76-79H,4,8-12,15-17,19-28,32-33,35H2,1-2H3,(H,74,75)(H4,68,69,70). The Hall–Kier alpha value is -5.16. The molecule has 12 nitrogen and oxygen atoms in total. The Morgan fingerprint density at radius 3 is 2.43 bits per heavy atom. The molecule has 1 aromatic rings. The molecule has 12 heteroatoms. The van der Waals surface area contributed by atoms with Gasteiger partial charge in [0.25, 0.3) is 0 Å². The summed E-state index contributed by atoms with van der Waals surface area (Å²) in [6, 6.07) is 8.44. The fourth-order valence-electron chi connectivity index (χ4n) is 24.3. The number of aliphatic carboxylic acids is 1. The van der Waals surface area contributed by atoms with Gasteiger partial charge in [-0.2, -0.15) is 0 Å². The smallest absolute Gasteiger partial charge is 0.331 e. The number of benzene rings is 1. The SMILES string of the molecule is CC(C(=O)O)=C1CCC2(N=C(N)N)C=CC34C5C6=C7CC=C6C1(O)C2(O)C3CC(O)C1(CCCC1)CC1C(=O)C2=C3C6(O)C=C(C7)C5(O)C35CCC#CCC3(C)C(=O)CCC2(CCCCCC145)C3C6C1=Cc2ccccc2CC1. The number of carbonyl (C=O) groups excluding carboxylic acids is 2. The zero-order valence-electron chi connectivity index (χ0n) is 45.7. The Morgan fingerprint density at radius 1 is 0.873 bits per heavy atom. The van der Waals surface area contributed by atoms with Gasteiger partial charge in [-0.3, -0.25) is 9.59 Å². The van der Waals surface area contributed by atoms with Crippen LogP contribution in [0.3, 0.4) is 0 Å². The highest BCUT2D eigenvalue weighted by Gasteiger charge is 2.95. The molecular formula is C67H75N3O9. The van der Waals surface area contributed by atoms with Crippen molar-refractivity contribution in [3.8, 4) is 11.8 Å². The number of rotatable bonds is 3. The van der Waals surface area contributed by atoms with Crippen LogP contribution < -0.4 is 11.5 Å². The van der Waals surface area contributed by atoms with E-state index in [1.54, 1.807) is 0 Å². The quantitative estimate of drug-likeness (QED) is 0.0477. The maximum atomic E-state index is 18.1. The van der Waals surface area contributed by atoms with Crippen molar-refractivity contribution in [2.24, 2.45) is 78.5 Å². The molecule has 5 spiro atoms. The van der Waals surface area contributed by atoms with Gasteiger partial charge in [-0.05, 0) is 153 Å². The Bertz CT molecular complexity index is 3460. The summed E-state index contributed by atoms with van der Waals surface area (Å²) in [4.78, 5) is 52.2. The normalized spacial score (nSPS) is 48.9. The lowest BCUT2D eigenvalue weighted by atomic mass is 9.28. The van der Waals surface area contributed by atoms with Gasteiger partial charge in [-0.25, -0.2) is 9.79 Å². The Labute approximate surface area is 462 Å². The topological polar surface area (TPSA) is 237 Å². The molecule has 0 heterocycles. The van der Waals surface area contributed by atoms with Crippen LogP contribution in [0.2, 0.25) is 0 Å². The number of hydrogen-bond donors (Lipinski definition) is 8. The van der Waals surface area contributed by atoms with Crippen molar-refractivity contribution in [3.63, 3.8) is 0 Å². The van der Waals surface area contributed by atoms with E-state index >= 15 is 24.9 Å². The highest BCUT2D eigenvalue weighted by atomic mass is 16.4. The second kappa shape index (κ2) is 15.1. The average molecular weight is 1070 g/mol. The van der Waals surface area contributed by atoms with Crippen molar-refractivity contribution in [3.05, 3.63) is 110 Å². The van der Waals surface area contributed by atoms with Gasteiger partial charge in [0.05, 0.1) is 6.10 Å². The number of guanidine groups is 1. The zero-order valence-corrected chi connectivity index (χ0v) is 45.7. The summed E-state index contributed by atoms with van der Waals surface area (Å²) in [6.07, 6.45) is 19.2. The molecule has 15 aliphatic carbocycles. The van der Waals surface area contributed by atoms with E-state index in [-0.39, 0.29) is 73.6 Å². The van der Waals surface area contributed by atoms with E-state index in [1.807, 2.05) is 18.2 Å². The highest BCUT2D eigenvalue weighted by Crippen LogP contribution is 2.93. The average Bonchev–Trinajstić information content (AvgIpc) is 1.49. The fourth-order valence-corrected chi connectivity index (χ4v) is 24.3. The van der Waals surface area contributed by atoms with Gasteiger partial charge >= 0.3 is 5.97 Å². The summed E-state index contributed by atoms with van der Waals surface area (Å²) in [5.41, 5.74) is 2.79. The maximum Gasteiger partial charge on any atom is 0.331 e. The van der Waals surface area contributed by atoms with E-state index < -0.39 is 102 Å². The second-order valence-electron chi connectivity index (χ2n) is 28.4. The number of ketones is 2. The Morgan fingerprint density at radius 2 is 1.65 bits per heavy atom. The van der Waals surface area contributed by atoms with Crippen LogP contribution >= 0.6 is 0 Å². The summed E-state index contributed by atoms with van der Waals surface area (Å²) < 4.78 is 0. The van der Waals surface area contributed by atoms with Crippen LogP contribution in [0, 0.1) is 73.9 Å². The first-order valence-electron chi connectivity index (χ1n) is 30.2. The monoisotopic (exact) mass is 1070 g/mol. The molecule has 0 amide bonds. The van der Waals surface area contributed by atoms with Crippen molar-refractivity contribution in [1.29, 1.82) is 0 Å². The molecule has 7 saturated carbocycles. The number of nitrogens with zero attached hydrogens (tertiary/aromatic N) is 1. The van der Waals surface area contributed by atoms with E-state index in [0.717, 1.165) is 48.8 Å². The number of aliphatic imine (C=N–C) groups is 1. The lowest BCUT2D eigenvalue weighted by Gasteiger charge is -2.75. The molecule has 0 aromatic heterocycles. The van der Waals surface area contributed by atoms with E-state index in [0.29, 0.717) is 92.1 Å². The number of nitrogens with two attached hydrogens (primary N) is 2. The molecule has 412 valence electrons. The molecule has 10 N–H and O–H groups in total. The predicted molar refractivity (Wildman–Crippen MR) is 295 cm³/mol. The number of allylic oxidation sites excluding steroid dienone is 4. The molecule has 16 unspecified atom stereocenters. The Kier molecular flexibility index (Phi) is 9.48. The van der Waals surface area contributed by atoms with E-state index in [1.165, 1.54) is 12.5 Å². The van der Waals surface area contributed by atoms with Crippen molar-refractivity contribution >= 4 is 29.6 Å². The van der Waals surface area contributed by atoms with Crippen LogP contribution in [-0.4, -0.2) is 88.2 Å². The number of aliphatic hydroxyl groups excluding tert-OH is 1. The van der Waals surface area contributed by atoms with E-state index in [9.17, 15) is 20.1 Å². The number of carboxylic acids is 1. The van der Waals surface area contributed by atoms with E-state index in [2.05, 4.69) is 55.2 Å². The third-order valence-corrected chi connectivity index (χ3v) is 26.5. The number of aliphatic hydroxyl groups is 5. The molecule has 16 rings (SSSR count). The van der Waals surface area contributed by atoms with Crippen LogP contribution in [-0.2, 0) is 20.8 Å². The van der Waals surface area contributed by atoms with Crippen LogP contribution in [0.1, 0.15) is 160 Å². The summed E-state index contributed by atoms with van der Waals surface area (Å²) >= 11 is 0. The van der Waals surface area contributed by atoms with Crippen molar-refractivity contribution in [1.82, 2.24) is 0 Å². The van der Waals surface area contributed by atoms with Gasteiger partial charge in [0, 0.05) is 81.2 Å². The van der Waals surface area contributed by atoms with Crippen LogP contribution in [0.5, 0.6) is 0 Å². The van der Waals surface area contributed by atoms with Crippen LogP contribution in [0.15, 0.2) is 104 Å². The Balaban J connectivity index is 1.15. The minimum absolute atomic E-state index is 0.0227. The molecule has 1 aromatic carbocycles. The molecular weight excluding hydrogens is 991 g/mol. The van der Waals surface area contributed by atoms with Crippen LogP contribution in [0.4, 0.5) is 0 Å². The first-order chi connectivity index (χ1) is 37.7. The summed E-state index contributed by atoms with van der Waals surface area (Å²) in [6.45, 7) is 3.59. The third kappa shape index (κ3) is 4.95. The third-order valence-electron chi connectivity index (χ3n) is 26.5.